The quantitative estimate of drug-likeness (QED) is 0.674. The Morgan fingerprint density at radius 2 is 1.77 bits per heavy atom. The molecule has 2 N–H and O–H groups in total. The van der Waals surface area contributed by atoms with Gasteiger partial charge in [-0.15, -0.1) is 0 Å². The SMILES string of the molecule is Nc1ncc(-c2ccc(F)cc2)c(C2CCCN(C(=O)COc3ccc(F)cc3)C2)n1. The van der Waals surface area contributed by atoms with Crippen molar-refractivity contribution in [3.05, 3.63) is 72.1 Å². The number of likely N-dealkylation sites (tertiary alicyclic amines) is 1. The summed E-state index contributed by atoms with van der Waals surface area (Å²) in [6, 6.07) is 11.7. The number of hydrogen-bond acceptors (Lipinski definition) is 5. The molecule has 4 rings (SSSR count). The first-order chi connectivity index (χ1) is 15.0. The molecule has 8 heteroatoms. The summed E-state index contributed by atoms with van der Waals surface area (Å²) in [7, 11) is 0. The molecule has 3 aromatic rings. The van der Waals surface area contributed by atoms with Crippen molar-refractivity contribution >= 4 is 11.9 Å². The average molecular weight is 424 g/mol. The first kappa shape index (κ1) is 20.7. The van der Waals surface area contributed by atoms with E-state index in [0.717, 1.165) is 29.7 Å². The van der Waals surface area contributed by atoms with Crippen molar-refractivity contribution in [2.24, 2.45) is 0 Å². The second kappa shape index (κ2) is 9.07. The monoisotopic (exact) mass is 424 g/mol. The molecule has 0 spiro atoms. The second-order valence-corrected chi connectivity index (χ2v) is 7.46. The molecule has 0 bridgehead atoms. The number of ether oxygens (including phenoxy) is 1. The zero-order chi connectivity index (χ0) is 21.8. The normalized spacial score (nSPS) is 16.2. The van der Waals surface area contributed by atoms with E-state index < -0.39 is 0 Å². The third-order valence-electron chi connectivity index (χ3n) is 5.33. The fourth-order valence-corrected chi connectivity index (χ4v) is 3.77. The smallest absolute Gasteiger partial charge is 0.260 e. The molecular weight excluding hydrogens is 402 g/mol. The molecule has 160 valence electrons. The topological polar surface area (TPSA) is 81.3 Å². The Morgan fingerprint density at radius 1 is 1.10 bits per heavy atom. The minimum absolute atomic E-state index is 0.0334. The number of aromatic nitrogens is 2. The molecule has 1 aliphatic heterocycles. The predicted molar refractivity (Wildman–Crippen MR) is 112 cm³/mol. The number of halogens is 2. The molecular formula is C23H22F2N4O2. The lowest BCUT2D eigenvalue weighted by Crippen LogP contribution is -2.41. The van der Waals surface area contributed by atoms with Crippen LogP contribution in [0.3, 0.4) is 0 Å². The van der Waals surface area contributed by atoms with Gasteiger partial charge in [0, 0.05) is 30.8 Å². The summed E-state index contributed by atoms with van der Waals surface area (Å²) in [5.41, 5.74) is 8.16. The molecule has 1 aromatic heterocycles. The van der Waals surface area contributed by atoms with Gasteiger partial charge in [-0.25, -0.2) is 18.7 Å². The van der Waals surface area contributed by atoms with Crippen molar-refractivity contribution in [1.29, 1.82) is 0 Å². The van der Waals surface area contributed by atoms with Crippen LogP contribution in [-0.4, -0.2) is 40.5 Å². The van der Waals surface area contributed by atoms with Crippen LogP contribution >= 0.6 is 0 Å². The van der Waals surface area contributed by atoms with Gasteiger partial charge in [0.15, 0.2) is 6.61 Å². The van der Waals surface area contributed by atoms with Crippen LogP contribution in [0.25, 0.3) is 11.1 Å². The van der Waals surface area contributed by atoms with E-state index in [-0.39, 0.29) is 36.0 Å². The highest BCUT2D eigenvalue weighted by molar-refractivity contribution is 5.78. The van der Waals surface area contributed by atoms with Crippen molar-refractivity contribution < 1.29 is 18.3 Å². The molecule has 6 nitrogen and oxygen atoms in total. The van der Waals surface area contributed by atoms with E-state index in [1.54, 1.807) is 23.2 Å². The molecule has 1 aliphatic rings. The van der Waals surface area contributed by atoms with Crippen molar-refractivity contribution in [2.45, 2.75) is 18.8 Å². The zero-order valence-corrected chi connectivity index (χ0v) is 16.8. The van der Waals surface area contributed by atoms with Crippen LogP contribution in [0.4, 0.5) is 14.7 Å². The second-order valence-electron chi connectivity index (χ2n) is 7.46. The van der Waals surface area contributed by atoms with Crippen LogP contribution in [0.1, 0.15) is 24.5 Å². The summed E-state index contributed by atoms with van der Waals surface area (Å²) in [6.45, 7) is 0.958. The zero-order valence-electron chi connectivity index (χ0n) is 16.8. The van der Waals surface area contributed by atoms with Gasteiger partial charge >= 0.3 is 0 Å². The maximum atomic E-state index is 13.4. The van der Waals surface area contributed by atoms with Gasteiger partial charge in [0.05, 0.1) is 5.69 Å². The Hall–Kier alpha value is -3.55. The number of nitrogens with zero attached hydrogens (tertiary/aromatic N) is 3. The van der Waals surface area contributed by atoms with Gasteiger partial charge in [0.25, 0.3) is 5.91 Å². The Morgan fingerprint density at radius 3 is 2.48 bits per heavy atom. The average Bonchev–Trinajstić information content (AvgIpc) is 2.79. The Kier molecular flexibility index (Phi) is 6.06. The van der Waals surface area contributed by atoms with Gasteiger partial charge in [-0.2, -0.15) is 0 Å². The van der Waals surface area contributed by atoms with Gasteiger partial charge < -0.3 is 15.4 Å². The fourth-order valence-electron chi connectivity index (χ4n) is 3.77. The molecule has 0 saturated carbocycles. The Bertz CT molecular complexity index is 1060. The number of hydrogen-bond donors (Lipinski definition) is 1. The van der Waals surface area contributed by atoms with Crippen molar-refractivity contribution in [3.8, 4) is 16.9 Å². The summed E-state index contributed by atoms with van der Waals surface area (Å²) in [5, 5.41) is 0. The molecule has 1 fully saturated rings. The van der Waals surface area contributed by atoms with Crippen molar-refractivity contribution in [2.75, 3.05) is 25.4 Å². The lowest BCUT2D eigenvalue weighted by Gasteiger charge is -2.33. The maximum absolute atomic E-state index is 13.4. The van der Waals surface area contributed by atoms with Gasteiger partial charge in [-0.05, 0) is 54.8 Å². The number of amides is 1. The van der Waals surface area contributed by atoms with E-state index in [4.69, 9.17) is 10.5 Å². The molecule has 1 atom stereocenters. The minimum Gasteiger partial charge on any atom is -0.484 e. The fraction of sp³-hybridized carbons (Fsp3) is 0.261. The van der Waals surface area contributed by atoms with Gasteiger partial charge in [0.1, 0.15) is 17.4 Å². The highest BCUT2D eigenvalue weighted by Gasteiger charge is 2.28. The number of anilines is 1. The third-order valence-corrected chi connectivity index (χ3v) is 5.33. The van der Waals surface area contributed by atoms with Crippen LogP contribution in [0, 0.1) is 11.6 Å². The minimum atomic E-state index is -0.362. The highest BCUT2D eigenvalue weighted by Crippen LogP contribution is 2.33. The third kappa shape index (κ3) is 4.96. The first-order valence-electron chi connectivity index (χ1n) is 10.0. The molecule has 2 aromatic carbocycles. The van der Waals surface area contributed by atoms with E-state index >= 15 is 0 Å². The first-order valence-corrected chi connectivity index (χ1v) is 10.0. The Labute approximate surface area is 178 Å². The summed E-state index contributed by atoms with van der Waals surface area (Å²) >= 11 is 0. The van der Waals surface area contributed by atoms with Crippen LogP contribution < -0.4 is 10.5 Å². The summed E-state index contributed by atoms with van der Waals surface area (Å²) in [6.07, 6.45) is 3.29. The van der Waals surface area contributed by atoms with Crippen LogP contribution in [0.2, 0.25) is 0 Å². The lowest BCUT2D eigenvalue weighted by atomic mass is 9.90. The van der Waals surface area contributed by atoms with Crippen LogP contribution in [0.15, 0.2) is 54.7 Å². The predicted octanol–water partition coefficient (Wildman–Crippen LogP) is 3.79. The Balaban J connectivity index is 1.49. The number of carbonyl (C=O) groups is 1. The van der Waals surface area contributed by atoms with E-state index in [2.05, 4.69) is 9.97 Å². The van der Waals surface area contributed by atoms with E-state index in [1.807, 2.05) is 0 Å². The maximum Gasteiger partial charge on any atom is 0.260 e. The number of piperidine rings is 1. The number of carbonyl (C=O) groups excluding carboxylic acids is 1. The molecule has 1 saturated heterocycles. The molecule has 2 heterocycles. The van der Waals surface area contributed by atoms with E-state index in [0.29, 0.717) is 18.8 Å². The summed E-state index contributed by atoms with van der Waals surface area (Å²) in [4.78, 5) is 23.0. The lowest BCUT2D eigenvalue weighted by molar-refractivity contribution is -0.134. The van der Waals surface area contributed by atoms with Gasteiger partial charge in [-0.3, -0.25) is 4.79 Å². The van der Waals surface area contributed by atoms with Crippen LogP contribution in [0.5, 0.6) is 5.75 Å². The van der Waals surface area contributed by atoms with Gasteiger partial charge in [-0.1, -0.05) is 12.1 Å². The van der Waals surface area contributed by atoms with Crippen LogP contribution in [-0.2, 0) is 4.79 Å². The van der Waals surface area contributed by atoms with Gasteiger partial charge in [0.2, 0.25) is 5.95 Å². The van der Waals surface area contributed by atoms with E-state index in [1.165, 1.54) is 36.4 Å². The summed E-state index contributed by atoms with van der Waals surface area (Å²) < 4.78 is 31.9. The molecule has 0 radical (unpaired) electrons. The highest BCUT2D eigenvalue weighted by atomic mass is 19.1. The standard InChI is InChI=1S/C23H22F2N4O2/c24-17-5-3-15(4-6-17)20-12-27-23(26)28-22(20)16-2-1-11-29(13-16)21(30)14-31-19-9-7-18(25)8-10-19/h3-10,12,16H,1-2,11,13-14H2,(H2,26,27,28). The largest absolute Gasteiger partial charge is 0.484 e. The number of nitrogens with two attached hydrogens (primary N) is 1. The van der Waals surface area contributed by atoms with Crippen molar-refractivity contribution in [3.63, 3.8) is 0 Å². The van der Waals surface area contributed by atoms with E-state index in [9.17, 15) is 13.6 Å². The molecule has 1 amide bonds. The summed E-state index contributed by atoms with van der Waals surface area (Å²) in [5.74, 6) is -0.279. The number of benzene rings is 2. The molecule has 0 aliphatic carbocycles. The molecule has 31 heavy (non-hydrogen) atoms. The number of rotatable bonds is 5. The van der Waals surface area contributed by atoms with Crippen molar-refractivity contribution in [1.82, 2.24) is 14.9 Å². The molecule has 1 unspecified atom stereocenters. The number of nitrogen functional groups attached to an aromatic ring is 1.